The van der Waals surface area contributed by atoms with Crippen molar-refractivity contribution in [2.75, 3.05) is 36.8 Å². The maximum absolute atomic E-state index is 16.3. The molecule has 59 heavy (non-hydrogen) atoms. The average Bonchev–Trinajstić information content (AvgIpc) is 4.06. The van der Waals surface area contributed by atoms with Gasteiger partial charge in [-0.15, -0.1) is 0 Å². The molecule has 0 aliphatic carbocycles. The van der Waals surface area contributed by atoms with Crippen LogP contribution in [0.1, 0.15) is 60.3 Å². The lowest BCUT2D eigenvalue weighted by Crippen LogP contribution is -2.67. The van der Waals surface area contributed by atoms with E-state index in [9.17, 15) is 4.79 Å². The summed E-state index contributed by atoms with van der Waals surface area (Å²) in [5.74, 6) is -2.42. The molecule has 0 bridgehead atoms. The molecule has 4 aromatic rings. The molecule has 5 fully saturated rings. The predicted molar refractivity (Wildman–Crippen MR) is 229 cm³/mol. The number of hydrogen-bond donors (Lipinski definition) is 2. The van der Waals surface area contributed by atoms with Crippen molar-refractivity contribution >= 4 is 87.4 Å². The lowest BCUT2D eigenvalue weighted by atomic mass is 9.54. The Hall–Kier alpha value is -4.22. The number of anilines is 2. The zero-order valence-corrected chi connectivity index (χ0v) is 34.8. The smallest absolute Gasteiger partial charge is 0.250 e. The summed E-state index contributed by atoms with van der Waals surface area (Å²) in [6.07, 6.45) is 5.53. The van der Waals surface area contributed by atoms with Crippen molar-refractivity contribution < 1.29 is 19.2 Å². The van der Waals surface area contributed by atoms with E-state index in [1.165, 1.54) is 0 Å². The van der Waals surface area contributed by atoms with Crippen LogP contribution in [-0.2, 0) is 30.3 Å². The fourth-order valence-corrected chi connectivity index (χ4v) is 13.7. The van der Waals surface area contributed by atoms with E-state index < -0.39 is 28.3 Å². The average molecular weight is 868 g/mol. The van der Waals surface area contributed by atoms with Crippen LogP contribution >= 0.6 is 46.4 Å². The van der Waals surface area contributed by atoms with E-state index in [2.05, 4.69) is 20.4 Å². The van der Waals surface area contributed by atoms with Crippen molar-refractivity contribution in [3.63, 3.8) is 0 Å². The lowest BCUT2D eigenvalue weighted by Gasteiger charge is -2.52. The minimum absolute atomic E-state index is 0.0283. The third kappa shape index (κ3) is 4.89. The number of nitrogens with zero attached hydrogens (tertiary/aromatic N) is 3. The summed E-state index contributed by atoms with van der Waals surface area (Å²) >= 11 is 26.9. The summed E-state index contributed by atoms with van der Waals surface area (Å²) in [4.78, 5) is 68.5. The second-order valence-corrected chi connectivity index (χ2v) is 18.8. The molecule has 5 saturated heterocycles. The minimum atomic E-state index is -1.59. The molecule has 3 amide bonds. The molecular formula is C46H39Cl4N5O4. The van der Waals surface area contributed by atoms with E-state index in [-0.39, 0.29) is 48.7 Å². The Morgan fingerprint density at radius 3 is 2.17 bits per heavy atom. The van der Waals surface area contributed by atoms with Gasteiger partial charge in [0, 0.05) is 79.3 Å². The summed E-state index contributed by atoms with van der Waals surface area (Å²) in [5.41, 5.74) is 0.0454. The maximum atomic E-state index is 16.3. The topological polar surface area (TPSA) is 102 Å². The van der Waals surface area contributed by atoms with E-state index in [0.29, 0.717) is 79.7 Å². The van der Waals surface area contributed by atoms with Gasteiger partial charge in [0.2, 0.25) is 11.8 Å². The van der Waals surface area contributed by atoms with Crippen LogP contribution in [-0.4, -0.2) is 76.5 Å². The summed E-state index contributed by atoms with van der Waals surface area (Å²) in [5, 5.41) is 7.93. The largest absolute Gasteiger partial charge is 0.337 e. The molecule has 0 saturated carbocycles. The van der Waals surface area contributed by atoms with Crippen LogP contribution in [0.15, 0.2) is 90.5 Å². The Balaban J connectivity index is 1.17. The van der Waals surface area contributed by atoms with Crippen LogP contribution in [0.5, 0.6) is 0 Å². The van der Waals surface area contributed by atoms with Gasteiger partial charge in [-0.2, -0.15) is 0 Å². The Morgan fingerprint density at radius 2 is 1.41 bits per heavy atom. The van der Waals surface area contributed by atoms with Crippen molar-refractivity contribution in [2.45, 2.75) is 61.2 Å². The van der Waals surface area contributed by atoms with Crippen LogP contribution in [0, 0.1) is 11.3 Å². The Kier molecular flexibility index (Phi) is 8.57. The van der Waals surface area contributed by atoms with Gasteiger partial charge in [-0.1, -0.05) is 94.9 Å². The molecule has 300 valence electrons. The zero-order chi connectivity index (χ0) is 40.6. The number of benzene rings is 4. The number of ketones is 1. The first-order valence-electron chi connectivity index (χ1n) is 20.3. The van der Waals surface area contributed by atoms with Crippen LogP contribution in [0.25, 0.3) is 6.08 Å². The number of fused-ring (bicyclic) bond motifs is 9. The van der Waals surface area contributed by atoms with Gasteiger partial charge in [-0.05, 0) is 98.8 Å². The van der Waals surface area contributed by atoms with Crippen molar-refractivity contribution in [3.8, 4) is 0 Å². The quantitative estimate of drug-likeness (QED) is 0.201. The number of rotatable bonds is 3. The van der Waals surface area contributed by atoms with Crippen LogP contribution in [0.2, 0.25) is 20.1 Å². The number of amides is 3. The first-order valence-corrected chi connectivity index (χ1v) is 21.8. The molecule has 7 aliphatic rings. The Labute approximate surface area is 361 Å². The number of carbonyl (C=O) groups excluding carboxylic acids is 4. The van der Waals surface area contributed by atoms with E-state index in [1.807, 2.05) is 54.6 Å². The van der Waals surface area contributed by atoms with Crippen molar-refractivity contribution in [2.24, 2.45) is 11.3 Å². The third-order valence-electron chi connectivity index (χ3n) is 14.7. The van der Waals surface area contributed by atoms with E-state index in [1.54, 1.807) is 41.3 Å². The number of hydrogen-bond acceptors (Lipinski definition) is 6. The van der Waals surface area contributed by atoms with Crippen LogP contribution < -0.4 is 10.6 Å². The first kappa shape index (κ1) is 37.8. The van der Waals surface area contributed by atoms with E-state index in [4.69, 9.17) is 46.4 Å². The van der Waals surface area contributed by atoms with Gasteiger partial charge in [0.05, 0.1) is 11.3 Å². The molecular weight excluding hydrogens is 828 g/mol. The van der Waals surface area contributed by atoms with Gasteiger partial charge in [-0.3, -0.25) is 29.0 Å². The number of piperidine rings is 1. The standard InChI is InChI=1S/C46H39Cl4N5O4/c47-27-14-13-25(34(49)20-27)19-26-23-53(41(57)33-22-29-7-5-17-54(29)45(33)31-8-1-3-10-36(31)51-42(45)58)24-44(40(26)56)39(30-16-15-28(48)21-35(30)50)38-12-6-18-55(38)46(44)32-9-2-4-11-37(32)52-43(46)59/h1-4,8-11,13-16,19-21,29,33,38-39H,5-7,12,17-18,22-24H2,(H,51,58)(H,52,59)/b26-19+/t29-,33-,38-,39-,44-,45+,46?/m1/s1. The SMILES string of the molecule is O=C([C@H]1C[C@H]2CCCN2[C@]12C(=O)Nc1ccccc12)N1C/C(=C\c2ccc(Cl)cc2Cl)C(=O)[C@@]2(C1)[C@H](c1ccc(Cl)cc1Cl)[C@H]1CCCN1C21C(=O)Nc2ccccc21. The molecule has 7 heterocycles. The van der Waals surface area contributed by atoms with Crippen LogP contribution in [0.4, 0.5) is 11.4 Å². The molecule has 11 rings (SSSR count). The summed E-state index contributed by atoms with van der Waals surface area (Å²) in [7, 11) is 0. The molecule has 0 radical (unpaired) electrons. The van der Waals surface area contributed by atoms with Gasteiger partial charge in [0.25, 0.3) is 5.91 Å². The zero-order valence-electron chi connectivity index (χ0n) is 31.8. The Morgan fingerprint density at radius 1 is 0.746 bits per heavy atom. The summed E-state index contributed by atoms with van der Waals surface area (Å²) < 4.78 is 0. The fourth-order valence-electron chi connectivity index (χ4n) is 12.7. The fraction of sp³-hybridized carbons (Fsp3) is 0.348. The van der Waals surface area contributed by atoms with Gasteiger partial charge >= 0.3 is 0 Å². The molecule has 1 unspecified atom stereocenters. The monoisotopic (exact) mass is 865 g/mol. The summed E-state index contributed by atoms with van der Waals surface area (Å²) in [6, 6.07) is 25.4. The van der Waals surface area contributed by atoms with Crippen molar-refractivity contribution in [1.29, 1.82) is 0 Å². The molecule has 2 N–H and O–H groups in total. The number of para-hydroxylation sites is 2. The minimum Gasteiger partial charge on any atom is -0.337 e. The molecule has 9 nitrogen and oxygen atoms in total. The second-order valence-electron chi connectivity index (χ2n) is 17.1. The first-order chi connectivity index (χ1) is 28.5. The van der Waals surface area contributed by atoms with E-state index >= 15 is 14.4 Å². The van der Waals surface area contributed by atoms with Gasteiger partial charge in [-0.25, -0.2) is 0 Å². The van der Waals surface area contributed by atoms with Crippen molar-refractivity contribution in [3.05, 3.63) is 133 Å². The lowest BCUT2D eigenvalue weighted by molar-refractivity contribution is -0.155. The molecule has 13 heteroatoms. The van der Waals surface area contributed by atoms with Crippen molar-refractivity contribution in [1.82, 2.24) is 14.7 Å². The molecule has 7 aliphatic heterocycles. The molecule has 4 aromatic carbocycles. The summed E-state index contributed by atoms with van der Waals surface area (Å²) in [6.45, 7) is 1.10. The molecule has 7 atom stereocenters. The second kappa shape index (κ2) is 13.4. The van der Waals surface area contributed by atoms with Gasteiger partial charge in [0.1, 0.15) is 11.1 Å². The van der Waals surface area contributed by atoms with Gasteiger partial charge < -0.3 is 15.5 Å². The van der Waals surface area contributed by atoms with Gasteiger partial charge in [0.15, 0.2) is 5.78 Å². The highest BCUT2D eigenvalue weighted by Gasteiger charge is 2.79. The predicted octanol–water partition coefficient (Wildman–Crippen LogP) is 8.52. The number of Topliss-reactive ketones (excluding diaryl/α,β-unsaturated/α-hetero) is 1. The maximum Gasteiger partial charge on any atom is 0.250 e. The number of nitrogens with one attached hydrogen (secondary N) is 2. The highest BCUT2D eigenvalue weighted by molar-refractivity contribution is 6.36. The number of likely N-dealkylation sites (tertiary alicyclic amines) is 1. The molecule has 3 spiro atoms. The Bertz CT molecular complexity index is 2580. The normalized spacial score (nSPS) is 32.6. The third-order valence-corrected chi connectivity index (χ3v) is 15.8. The highest BCUT2D eigenvalue weighted by Crippen LogP contribution is 2.69. The number of carbonyl (C=O) groups is 4. The van der Waals surface area contributed by atoms with Crippen LogP contribution in [0.3, 0.4) is 0 Å². The number of halogens is 4. The molecule has 0 aromatic heterocycles. The highest BCUT2D eigenvalue weighted by atomic mass is 35.5. The van der Waals surface area contributed by atoms with E-state index in [0.717, 1.165) is 24.8 Å².